The summed E-state index contributed by atoms with van der Waals surface area (Å²) in [4.78, 5) is 18.1. The third-order valence-electron chi connectivity index (χ3n) is 7.80. The van der Waals surface area contributed by atoms with Crippen LogP contribution in [0.25, 0.3) is 11.0 Å². The molecule has 0 unspecified atom stereocenters. The zero-order valence-corrected chi connectivity index (χ0v) is 23.3. The number of carboxylic acid groups (broad SMARTS) is 1. The van der Waals surface area contributed by atoms with E-state index in [4.69, 9.17) is 21.1 Å². The van der Waals surface area contributed by atoms with Gasteiger partial charge in [-0.1, -0.05) is 17.7 Å². The Bertz CT molecular complexity index is 1720. The molecule has 0 radical (unpaired) electrons. The lowest BCUT2D eigenvalue weighted by atomic mass is 9.96. The summed E-state index contributed by atoms with van der Waals surface area (Å²) in [6, 6.07) is 8.89. The van der Waals surface area contributed by atoms with E-state index < -0.39 is 47.3 Å². The van der Waals surface area contributed by atoms with Gasteiger partial charge in [0.25, 0.3) is 0 Å². The van der Waals surface area contributed by atoms with Crippen molar-refractivity contribution in [2.45, 2.75) is 51.4 Å². The first-order valence-electron chi connectivity index (χ1n) is 13.5. The molecule has 1 saturated heterocycles. The first-order valence-corrected chi connectivity index (χ1v) is 13.9. The van der Waals surface area contributed by atoms with E-state index in [0.717, 1.165) is 18.6 Å². The van der Waals surface area contributed by atoms with Crippen molar-refractivity contribution in [1.82, 2.24) is 14.5 Å². The average molecular weight is 622 g/mol. The summed E-state index contributed by atoms with van der Waals surface area (Å²) in [6.07, 6.45) is -3.78. The van der Waals surface area contributed by atoms with Gasteiger partial charge in [-0.2, -0.15) is 13.2 Å². The molecule has 2 aliphatic heterocycles. The summed E-state index contributed by atoms with van der Waals surface area (Å²) < 4.78 is 84.2. The average Bonchev–Trinajstić information content (AvgIpc) is 3.26. The number of alkyl halides is 3. The molecule has 1 N–H and O–H groups in total. The van der Waals surface area contributed by atoms with Crippen molar-refractivity contribution >= 4 is 28.6 Å². The van der Waals surface area contributed by atoms with E-state index >= 15 is 4.39 Å². The Morgan fingerprint density at radius 1 is 1.14 bits per heavy atom. The minimum Gasteiger partial charge on any atom is -0.488 e. The fourth-order valence-corrected chi connectivity index (χ4v) is 5.62. The minimum atomic E-state index is -4.69. The fraction of sp³-hybridized carbons (Fsp3) is 0.333. The van der Waals surface area contributed by atoms with Crippen molar-refractivity contribution < 1.29 is 41.3 Å². The smallest absolute Gasteiger partial charge is 0.419 e. The topological polar surface area (TPSA) is 76.8 Å². The number of aromatic nitrogens is 2. The lowest BCUT2D eigenvalue weighted by molar-refractivity contribution is -0.139. The highest BCUT2D eigenvalue weighted by atomic mass is 35.5. The van der Waals surface area contributed by atoms with E-state index in [0.29, 0.717) is 42.0 Å². The van der Waals surface area contributed by atoms with Crippen LogP contribution >= 0.6 is 11.6 Å². The first-order chi connectivity index (χ1) is 20.5. The van der Waals surface area contributed by atoms with Crippen molar-refractivity contribution in [1.29, 1.82) is 0 Å². The molecule has 3 heterocycles. The molecule has 226 valence electrons. The molecule has 1 aromatic heterocycles. The van der Waals surface area contributed by atoms with Crippen LogP contribution in [0.15, 0.2) is 42.5 Å². The van der Waals surface area contributed by atoms with Crippen LogP contribution in [0.4, 0.5) is 22.0 Å². The van der Waals surface area contributed by atoms with Crippen molar-refractivity contribution in [2.24, 2.45) is 0 Å². The highest BCUT2D eigenvalue weighted by molar-refractivity contribution is 6.30. The van der Waals surface area contributed by atoms with Crippen molar-refractivity contribution in [3.8, 4) is 5.75 Å². The maximum absolute atomic E-state index is 15.3. The molecule has 7 nitrogen and oxygen atoms in total. The normalized spacial score (nSPS) is 17.1. The summed E-state index contributed by atoms with van der Waals surface area (Å²) in [5.41, 5.74) is 0.146. The van der Waals surface area contributed by atoms with Crippen LogP contribution in [0.2, 0.25) is 5.02 Å². The summed E-state index contributed by atoms with van der Waals surface area (Å²) in [5, 5.41) is 9.59. The molecule has 2 aliphatic rings. The van der Waals surface area contributed by atoms with E-state index in [1.165, 1.54) is 30.3 Å². The molecule has 43 heavy (non-hydrogen) atoms. The maximum atomic E-state index is 15.3. The molecule has 0 spiro atoms. The molecule has 0 bridgehead atoms. The quantitative estimate of drug-likeness (QED) is 0.223. The Labute approximate surface area is 247 Å². The molecule has 6 rings (SSSR count). The number of carbonyl (C=O) groups is 1. The lowest BCUT2D eigenvalue weighted by Crippen LogP contribution is -2.34. The molecule has 3 aromatic carbocycles. The standard InChI is InChI=1S/C30H25ClF5N3O4/c31-19-2-1-17(23(32)11-19)15-43-25-10-18-12-38(7-5-16(18)9-22(25)30(34,35)36)14-26-37-24-4-3-21(29(40)41)27(33)28(24)39(26)13-20-6-8-42-20/h1-4,9-11,20H,5-8,12-15H2,(H,40,41)/t20-/m0/s1. The van der Waals surface area contributed by atoms with E-state index in [-0.39, 0.29) is 41.8 Å². The fourth-order valence-electron chi connectivity index (χ4n) is 5.46. The molecule has 4 aromatic rings. The van der Waals surface area contributed by atoms with E-state index in [2.05, 4.69) is 4.98 Å². The molecular formula is C30H25ClF5N3O4. The summed E-state index contributed by atoms with van der Waals surface area (Å²) in [7, 11) is 0. The third-order valence-corrected chi connectivity index (χ3v) is 8.03. The zero-order valence-electron chi connectivity index (χ0n) is 22.6. The van der Waals surface area contributed by atoms with Gasteiger partial charge in [0.2, 0.25) is 0 Å². The van der Waals surface area contributed by atoms with Crippen LogP contribution in [0.1, 0.15) is 44.9 Å². The van der Waals surface area contributed by atoms with Crippen LogP contribution in [0, 0.1) is 11.6 Å². The molecule has 0 saturated carbocycles. The Morgan fingerprint density at radius 3 is 2.60 bits per heavy atom. The summed E-state index contributed by atoms with van der Waals surface area (Å²) >= 11 is 5.78. The Morgan fingerprint density at radius 2 is 1.93 bits per heavy atom. The first kappa shape index (κ1) is 29.3. The number of aromatic carboxylic acids is 1. The summed E-state index contributed by atoms with van der Waals surface area (Å²) in [6.45, 7) is 1.33. The van der Waals surface area contributed by atoms with Gasteiger partial charge in [-0.25, -0.2) is 18.6 Å². The molecule has 1 fully saturated rings. The lowest BCUT2D eigenvalue weighted by Gasteiger charge is -2.31. The van der Waals surface area contributed by atoms with Gasteiger partial charge in [-0.3, -0.25) is 4.90 Å². The molecule has 0 amide bonds. The second kappa shape index (κ2) is 11.4. The molecule has 0 aliphatic carbocycles. The number of fused-ring (bicyclic) bond motifs is 2. The third kappa shape index (κ3) is 5.91. The van der Waals surface area contributed by atoms with Gasteiger partial charge < -0.3 is 19.1 Å². The number of hydrogen-bond donors (Lipinski definition) is 1. The van der Waals surface area contributed by atoms with Crippen LogP contribution in [-0.2, 0) is 43.6 Å². The predicted octanol–water partition coefficient (Wildman–Crippen LogP) is 6.61. The van der Waals surface area contributed by atoms with E-state index in [1.807, 2.05) is 4.90 Å². The number of benzene rings is 3. The predicted molar refractivity (Wildman–Crippen MR) is 146 cm³/mol. The van der Waals surface area contributed by atoms with Gasteiger partial charge in [0.1, 0.15) is 29.5 Å². The highest BCUT2D eigenvalue weighted by Gasteiger charge is 2.36. The molecule has 13 heteroatoms. The van der Waals surface area contributed by atoms with Crippen LogP contribution in [0.5, 0.6) is 5.75 Å². The Hall–Kier alpha value is -3.74. The number of imidazole rings is 1. The number of halogens is 6. The number of nitrogens with zero attached hydrogens (tertiary/aromatic N) is 3. The monoisotopic (exact) mass is 621 g/mol. The van der Waals surface area contributed by atoms with Gasteiger partial charge in [-0.05, 0) is 60.4 Å². The molecule has 1 atom stereocenters. The molecular weight excluding hydrogens is 597 g/mol. The van der Waals surface area contributed by atoms with E-state index in [9.17, 15) is 27.5 Å². The second-order valence-electron chi connectivity index (χ2n) is 10.6. The minimum absolute atomic E-state index is 0.0597. The van der Waals surface area contributed by atoms with Gasteiger partial charge in [-0.15, -0.1) is 0 Å². The zero-order chi connectivity index (χ0) is 30.5. The highest BCUT2D eigenvalue weighted by Crippen LogP contribution is 2.40. The Balaban J connectivity index is 1.29. The SMILES string of the molecule is O=C(O)c1ccc2nc(CN3CCc4cc(C(F)(F)F)c(OCc5ccc(Cl)cc5F)cc4C3)n(C[C@@H]3CCO3)c2c1F. The van der Waals surface area contributed by atoms with E-state index in [1.54, 1.807) is 4.57 Å². The number of ether oxygens (including phenoxy) is 2. The van der Waals surface area contributed by atoms with Crippen LogP contribution < -0.4 is 4.74 Å². The van der Waals surface area contributed by atoms with Gasteiger partial charge in [0.05, 0.1) is 35.8 Å². The van der Waals surface area contributed by atoms with Crippen molar-refractivity contribution in [3.05, 3.63) is 92.8 Å². The maximum Gasteiger partial charge on any atom is 0.419 e. The van der Waals surface area contributed by atoms with Gasteiger partial charge in [0, 0.05) is 30.3 Å². The number of hydrogen-bond acceptors (Lipinski definition) is 5. The van der Waals surface area contributed by atoms with Crippen LogP contribution in [0.3, 0.4) is 0 Å². The second-order valence-corrected chi connectivity index (χ2v) is 11.1. The Kier molecular flexibility index (Phi) is 7.78. The van der Waals surface area contributed by atoms with Crippen molar-refractivity contribution in [3.63, 3.8) is 0 Å². The largest absolute Gasteiger partial charge is 0.488 e. The van der Waals surface area contributed by atoms with Crippen LogP contribution in [-0.4, -0.2) is 44.8 Å². The van der Waals surface area contributed by atoms with Gasteiger partial charge in [0.15, 0.2) is 5.82 Å². The van der Waals surface area contributed by atoms with Crippen molar-refractivity contribution in [2.75, 3.05) is 13.2 Å². The van der Waals surface area contributed by atoms with Gasteiger partial charge >= 0.3 is 12.1 Å². The summed E-state index contributed by atoms with van der Waals surface area (Å²) in [5.74, 6) is -2.90. The number of rotatable bonds is 8. The number of carboxylic acids is 1.